The zero-order valence-corrected chi connectivity index (χ0v) is 31.0. The standard InChI is InChI=1S/C42H53N3O5S/c1-50-38-15-9-12-31(23-38)28-44(39(24-30-10-5-3-6-11-30)41(47)43-36-13-7-4-8-14-36)40(46)29-45(51(2,48)49)37-18-16-35(17-19-37)42-25-32-20-33(26-42)22-34(21-32)27-42/h3,5-6,9-12,15-19,23,32-34,36,39H,4,7-8,13-14,20-22,24-29H2,1-2H3,(H,43,47)/t32?,33?,34?,39-,42?/m0/s1. The molecule has 0 heterocycles. The monoisotopic (exact) mass is 711 g/mol. The summed E-state index contributed by atoms with van der Waals surface area (Å²) in [6.45, 7) is -0.296. The number of sulfonamides is 1. The molecule has 0 aliphatic heterocycles. The SMILES string of the molecule is COc1cccc(CN(C(=O)CN(c2ccc(C34CC5CC(CC(C5)C3)C4)cc2)S(C)(=O)=O)[C@@H](Cc2ccccc2)C(=O)NC2CCCCC2)c1. The molecule has 272 valence electrons. The van der Waals surface area contributed by atoms with Crippen molar-refractivity contribution in [2.45, 2.75) is 101 Å². The highest BCUT2D eigenvalue weighted by atomic mass is 32.2. The van der Waals surface area contributed by atoms with E-state index in [1.807, 2.05) is 66.7 Å². The van der Waals surface area contributed by atoms with Crippen LogP contribution in [0.4, 0.5) is 5.69 Å². The van der Waals surface area contributed by atoms with Crippen LogP contribution in [0.1, 0.15) is 87.3 Å². The fraction of sp³-hybridized carbons (Fsp3) is 0.524. The molecule has 5 aliphatic rings. The summed E-state index contributed by atoms with van der Waals surface area (Å²) in [5.41, 5.74) is 3.66. The summed E-state index contributed by atoms with van der Waals surface area (Å²) in [5.74, 6) is 2.39. The second kappa shape index (κ2) is 15.0. The zero-order valence-electron chi connectivity index (χ0n) is 30.1. The maximum atomic E-state index is 14.7. The van der Waals surface area contributed by atoms with Gasteiger partial charge in [0.05, 0.1) is 19.1 Å². The van der Waals surface area contributed by atoms with Crippen LogP contribution in [0.3, 0.4) is 0 Å². The molecule has 3 aromatic rings. The van der Waals surface area contributed by atoms with Gasteiger partial charge in [-0.15, -0.1) is 0 Å². The Morgan fingerprint density at radius 2 is 1.47 bits per heavy atom. The van der Waals surface area contributed by atoms with E-state index in [1.165, 1.54) is 48.4 Å². The van der Waals surface area contributed by atoms with Crippen molar-refractivity contribution in [1.82, 2.24) is 10.2 Å². The van der Waals surface area contributed by atoms with Crippen LogP contribution in [0, 0.1) is 17.8 Å². The molecule has 1 N–H and O–H groups in total. The van der Waals surface area contributed by atoms with E-state index < -0.39 is 28.5 Å². The van der Waals surface area contributed by atoms with Crippen molar-refractivity contribution in [3.05, 3.63) is 95.6 Å². The second-order valence-corrected chi connectivity index (χ2v) is 17.8. The number of rotatable bonds is 13. The fourth-order valence-electron chi connectivity index (χ4n) is 10.1. The minimum Gasteiger partial charge on any atom is -0.497 e. The lowest BCUT2D eigenvalue weighted by Gasteiger charge is -2.57. The number of methoxy groups -OCH3 is 1. The van der Waals surface area contributed by atoms with Crippen LogP contribution in [0.15, 0.2) is 78.9 Å². The van der Waals surface area contributed by atoms with E-state index in [0.717, 1.165) is 67.2 Å². The molecule has 5 fully saturated rings. The quantitative estimate of drug-likeness (QED) is 0.206. The van der Waals surface area contributed by atoms with Crippen LogP contribution >= 0.6 is 0 Å². The van der Waals surface area contributed by atoms with Crippen molar-refractivity contribution in [3.63, 3.8) is 0 Å². The van der Waals surface area contributed by atoms with Crippen LogP contribution in [-0.4, -0.2) is 57.1 Å². The molecule has 4 bridgehead atoms. The number of carbonyl (C=O) groups is 2. The van der Waals surface area contributed by atoms with E-state index in [2.05, 4.69) is 17.4 Å². The summed E-state index contributed by atoms with van der Waals surface area (Å²) in [7, 11) is -2.26. The predicted molar refractivity (Wildman–Crippen MR) is 201 cm³/mol. The Hall–Kier alpha value is -3.85. The van der Waals surface area contributed by atoms with Gasteiger partial charge in [-0.3, -0.25) is 13.9 Å². The Balaban J connectivity index is 1.19. The third-order valence-corrected chi connectivity index (χ3v) is 13.3. The van der Waals surface area contributed by atoms with Crippen LogP contribution in [0.5, 0.6) is 5.75 Å². The fourth-order valence-corrected chi connectivity index (χ4v) is 11.0. The number of ether oxygens (including phenoxy) is 1. The summed E-state index contributed by atoms with van der Waals surface area (Å²) >= 11 is 0. The summed E-state index contributed by atoms with van der Waals surface area (Å²) in [6, 6.07) is 24.3. The van der Waals surface area contributed by atoms with E-state index in [0.29, 0.717) is 17.9 Å². The molecule has 0 spiro atoms. The molecule has 0 unspecified atom stereocenters. The highest BCUT2D eigenvalue weighted by Gasteiger charge is 2.51. The molecule has 8 rings (SSSR count). The summed E-state index contributed by atoms with van der Waals surface area (Å²) < 4.78 is 33.6. The van der Waals surface area contributed by atoms with Crippen LogP contribution in [0.2, 0.25) is 0 Å². The Kier molecular flexibility index (Phi) is 10.5. The third-order valence-electron chi connectivity index (χ3n) is 12.2. The molecule has 2 amide bonds. The van der Waals surface area contributed by atoms with Gasteiger partial charge in [0.15, 0.2) is 0 Å². The number of carbonyl (C=O) groups excluding carboxylic acids is 2. The lowest BCUT2D eigenvalue weighted by atomic mass is 9.48. The number of amides is 2. The van der Waals surface area contributed by atoms with Crippen molar-refractivity contribution in [1.29, 1.82) is 0 Å². The maximum Gasteiger partial charge on any atom is 0.244 e. The number of nitrogens with one attached hydrogen (secondary N) is 1. The minimum atomic E-state index is -3.85. The molecule has 3 aromatic carbocycles. The normalized spacial score (nSPS) is 24.9. The lowest BCUT2D eigenvalue weighted by Crippen LogP contribution is -2.55. The molecule has 51 heavy (non-hydrogen) atoms. The molecular formula is C42H53N3O5S. The van der Waals surface area contributed by atoms with Gasteiger partial charge in [-0.25, -0.2) is 8.42 Å². The average molecular weight is 712 g/mol. The highest BCUT2D eigenvalue weighted by molar-refractivity contribution is 7.92. The Morgan fingerprint density at radius 3 is 2.08 bits per heavy atom. The van der Waals surface area contributed by atoms with Gasteiger partial charge in [-0.2, -0.15) is 0 Å². The molecule has 8 nitrogen and oxygen atoms in total. The van der Waals surface area contributed by atoms with Crippen LogP contribution < -0.4 is 14.4 Å². The number of hydrogen-bond donors (Lipinski definition) is 1. The van der Waals surface area contributed by atoms with Gasteiger partial charge in [0.25, 0.3) is 0 Å². The molecule has 5 saturated carbocycles. The van der Waals surface area contributed by atoms with Crippen molar-refractivity contribution < 1.29 is 22.7 Å². The van der Waals surface area contributed by atoms with Gasteiger partial charge in [0, 0.05) is 19.0 Å². The van der Waals surface area contributed by atoms with Gasteiger partial charge in [-0.1, -0.05) is 73.9 Å². The highest BCUT2D eigenvalue weighted by Crippen LogP contribution is 2.60. The topological polar surface area (TPSA) is 96.0 Å². The van der Waals surface area contributed by atoms with Gasteiger partial charge >= 0.3 is 0 Å². The van der Waals surface area contributed by atoms with Crippen LogP contribution in [0.25, 0.3) is 0 Å². The second-order valence-electron chi connectivity index (χ2n) is 15.9. The van der Waals surface area contributed by atoms with E-state index >= 15 is 0 Å². The molecule has 0 radical (unpaired) electrons. The van der Waals surface area contributed by atoms with E-state index in [-0.39, 0.29) is 23.9 Å². The van der Waals surface area contributed by atoms with Crippen molar-refractivity contribution >= 4 is 27.5 Å². The molecule has 0 saturated heterocycles. The van der Waals surface area contributed by atoms with Crippen molar-refractivity contribution in [2.24, 2.45) is 17.8 Å². The van der Waals surface area contributed by atoms with Gasteiger partial charge < -0.3 is 15.0 Å². The summed E-state index contributed by atoms with van der Waals surface area (Å²) in [4.78, 5) is 30.5. The van der Waals surface area contributed by atoms with E-state index in [1.54, 1.807) is 12.0 Å². The third kappa shape index (κ3) is 8.14. The first-order valence-electron chi connectivity index (χ1n) is 18.9. The zero-order chi connectivity index (χ0) is 35.6. The molecule has 1 atom stereocenters. The lowest BCUT2D eigenvalue weighted by molar-refractivity contribution is -0.140. The number of hydrogen-bond acceptors (Lipinski definition) is 5. The molecule has 0 aromatic heterocycles. The van der Waals surface area contributed by atoms with Crippen LogP contribution in [-0.2, 0) is 38.0 Å². The van der Waals surface area contributed by atoms with E-state index in [4.69, 9.17) is 4.74 Å². The Morgan fingerprint density at radius 1 is 0.843 bits per heavy atom. The van der Waals surface area contributed by atoms with Gasteiger partial charge in [-0.05, 0) is 115 Å². The number of benzene rings is 3. The maximum absolute atomic E-state index is 14.7. The first kappa shape index (κ1) is 35.5. The smallest absolute Gasteiger partial charge is 0.244 e. The van der Waals surface area contributed by atoms with Gasteiger partial charge in [0.1, 0.15) is 18.3 Å². The Labute approximate surface area is 304 Å². The van der Waals surface area contributed by atoms with Gasteiger partial charge in [0.2, 0.25) is 21.8 Å². The van der Waals surface area contributed by atoms with E-state index in [9.17, 15) is 18.0 Å². The van der Waals surface area contributed by atoms with Crippen molar-refractivity contribution in [3.8, 4) is 5.75 Å². The summed E-state index contributed by atoms with van der Waals surface area (Å²) in [5, 5.41) is 3.27. The molecule has 9 heteroatoms. The molecule has 5 aliphatic carbocycles. The average Bonchev–Trinajstić information content (AvgIpc) is 3.12. The number of anilines is 1. The first-order chi connectivity index (χ1) is 24.6. The predicted octanol–water partition coefficient (Wildman–Crippen LogP) is 7.02. The minimum absolute atomic E-state index is 0.0540. The Bertz CT molecular complexity index is 1750. The first-order valence-corrected chi connectivity index (χ1v) is 20.8. The number of nitrogens with zero attached hydrogens (tertiary/aromatic N) is 2. The van der Waals surface area contributed by atoms with Crippen molar-refractivity contribution in [2.75, 3.05) is 24.2 Å². The largest absolute Gasteiger partial charge is 0.497 e. The molecular weight excluding hydrogens is 659 g/mol. The summed E-state index contributed by atoms with van der Waals surface area (Å²) in [6.07, 6.45) is 14.3.